The Kier molecular flexibility index (Phi) is 3.93. The van der Waals surface area contributed by atoms with Crippen molar-refractivity contribution in [1.82, 2.24) is 9.80 Å². The van der Waals surface area contributed by atoms with Gasteiger partial charge in [0.1, 0.15) is 0 Å². The van der Waals surface area contributed by atoms with Crippen LogP contribution < -0.4 is 0 Å². The quantitative estimate of drug-likeness (QED) is 0.796. The summed E-state index contributed by atoms with van der Waals surface area (Å²) in [6.07, 6.45) is 7.50. The number of rotatable bonds is 2. The number of nitrogens with zero attached hydrogens (tertiary/aromatic N) is 2. The molecule has 0 aromatic carbocycles. The minimum atomic E-state index is -0.0498. The van der Waals surface area contributed by atoms with Gasteiger partial charge in [-0.1, -0.05) is 0 Å². The van der Waals surface area contributed by atoms with Crippen molar-refractivity contribution in [2.24, 2.45) is 23.2 Å². The van der Waals surface area contributed by atoms with E-state index in [9.17, 15) is 9.59 Å². The van der Waals surface area contributed by atoms with Gasteiger partial charge in [0, 0.05) is 31.1 Å². The number of hydrogen-bond donors (Lipinski definition) is 0. The molecule has 5 aliphatic rings. The third-order valence-electron chi connectivity index (χ3n) is 7.30. The summed E-state index contributed by atoms with van der Waals surface area (Å²) in [6.45, 7) is 4.79. The van der Waals surface area contributed by atoms with Crippen LogP contribution >= 0.6 is 11.3 Å². The molecule has 26 heavy (non-hydrogen) atoms. The van der Waals surface area contributed by atoms with Crippen molar-refractivity contribution in [3.63, 3.8) is 0 Å². The molecule has 1 saturated heterocycles. The van der Waals surface area contributed by atoms with E-state index in [1.165, 1.54) is 24.1 Å². The number of carbonyl (C=O) groups excluding carboxylic acids is 2. The minimum Gasteiger partial charge on any atom is -0.339 e. The number of piperazine rings is 1. The highest BCUT2D eigenvalue weighted by Crippen LogP contribution is 2.60. The van der Waals surface area contributed by atoms with E-state index in [2.05, 4.69) is 4.90 Å². The standard InChI is InChI=1S/C21H28N2O2S/c1-14-2-3-18(26-14)19(24)22-4-6-23(7-5-22)20(25)21-11-15-8-16(12-21)10-17(9-15)13-21/h2-3,15-17H,4-13H2,1H3. The lowest BCUT2D eigenvalue weighted by molar-refractivity contribution is -0.159. The van der Waals surface area contributed by atoms with E-state index in [1.807, 2.05) is 24.0 Å². The molecule has 0 N–H and O–H groups in total. The zero-order valence-corrected chi connectivity index (χ0v) is 16.4. The fourth-order valence-electron chi connectivity index (χ4n) is 6.53. The van der Waals surface area contributed by atoms with E-state index in [1.54, 1.807) is 11.3 Å². The zero-order valence-electron chi connectivity index (χ0n) is 15.6. The van der Waals surface area contributed by atoms with Crippen molar-refractivity contribution < 1.29 is 9.59 Å². The van der Waals surface area contributed by atoms with Crippen LogP contribution in [0.2, 0.25) is 0 Å². The lowest BCUT2D eigenvalue weighted by atomic mass is 9.49. The molecule has 0 radical (unpaired) electrons. The van der Waals surface area contributed by atoms with E-state index in [-0.39, 0.29) is 11.3 Å². The predicted octanol–water partition coefficient (Wildman–Crippen LogP) is 3.56. The largest absolute Gasteiger partial charge is 0.339 e. The van der Waals surface area contributed by atoms with Crippen LogP contribution in [-0.4, -0.2) is 47.8 Å². The number of amides is 2. The summed E-state index contributed by atoms with van der Waals surface area (Å²) in [7, 11) is 0. The lowest BCUT2D eigenvalue weighted by Crippen LogP contribution is -2.58. The van der Waals surface area contributed by atoms with Crippen molar-refractivity contribution >= 4 is 23.2 Å². The van der Waals surface area contributed by atoms with Gasteiger partial charge in [-0.15, -0.1) is 11.3 Å². The molecule has 5 fully saturated rings. The fraction of sp³-hybridized carbons (Fsp3) is 0.714. The number of hydrogen-bond acceptors (Lipinski definition) is 3. The Morgan fingerprint density at radius 2 is 1.46 bits per heavy atom. The summed E-state index contributed by atoms with van der Waals surface area (Å²) in [5.41, 5.74) is -0.0498. The molecule has 0 atom stereocenters. The van der Waals surface area contributed by atoms with Crippen molar-refractivity contribution in [1.29, 1.82) is 0 Å². The predicted molar refractivity (Wildman–Crippen MR) is 102 cm³/mol. The van der Waals surface area contributed by atoms with E-state index >= 15 is 0 Å². The second-order valence-electron chi connectivity index (χ2n) is 9.19. The van der Waals surface area contributed by atoms with Gasteiger partial charge in [0.25, 0.3) is 5.91 Å². The monoisotopic (exact) mass is 372 g/mol. The van der Waals surface area contributed by atoms with Gasteiger partial charge in [0.15, 0.2) is 0 Å². The molecule has 4 saturated carbocycles. The Labute approximate surface area is 159 Å². The van der Waals surface area contributed by atoms with E-state index in [0.717, 1.165) is 41.9 Å². The molecular formula is C21H28N2O2S. The molecule has 1 aromatic heterocycles. The van der Waals surface area contributed by atoms with Crippen molar-refractivity contribution in [2.75, 3.05) is 26.2 Å². The molecule has 6 rings (SSSR count). The SMILES string of the molecule is Cc1ccc(C(=O)N2CCN(C(=O)C34CC5CC(CC(C5)C3)C4)CC2)s1. The average Bonchev–Trinajstić information content (AvgIpc) is 3.06. The highest BCUT2D eigenvalue weighted by molar-refractivity contribution is 7.13. The Balaban J connectivity index is 1.24. The first kappa shape index (κ1) is 16.8. The van der Waals surface area contributed by atoms with Crippen molar-refractivity contribution in [3.8, 4) is 0 Å². The van der Waals surface area contributed by atoms with Gasteiger partial charge in [0.05, 0.1) is 10.3 Å². The Morgan fingerprint density at radius 1 is 0.923 bits per heavy atom. The Hall–Kier alpha value is -1.36. The first-order valence-electron chi connectivity index (χ1n) is 10.2. The third kappa shape index (κ3) is 2.70. The molecule has 5 heteroatoms. The minimum absolute atomic E-state index is 0.0498. The maximum atomic E-state index is 13.4. The number of thiophene rings is 1. The number of carbonyl (C=O) groups is 2. The summed E-state index contributed by atoms with van der Waals surface area (Å²) in [4.78, 5) is 32.1. The summed E-state index contributed by atoms with van der Waals surface area (Å²) >= 11 is 1.56. The van der Waals surface area contributed by atoms with Gasteiger partial charge in [0.2, 0.25) is 5.91 Å². The van der Waals surface area contributed by atoms with Crippen LogP contribution in [0.15, 0.2) is 12.1 Å². The molecule has 2 heterocycles. The van der Waals surface area contributed by atoms with Crippen LogP contribution in [0.25, 0.3) is 0 Å². The average molecular weight is 373 g/mol. The summed E-state index contributed by atoms with van der Waals surface area (Å²) in [5, 5.41) is 0. The Morgan fingerprint density at radius 3 is 1.96 bits per heavy atom. The molecule has 0 spiro atoms. The van der Waals surface area contributed by atoms with E-state index < -0.39 is 0 Å². The van der Waals surface area contributed by atoms with Gasteiger partial charge < -0.3 is 9.80 Å². The first-order chi connectivity index (χ1) is 12.5. The van der Waals surface area contributed by atoms with Gasteiger partial charge in [-0.3, -0.25) is 9.59 Å². The van der Waals surface area contributed by atoms with E-state index in [4.69, 9.17) is 0 Å². The normalized spacial score (nSPS) is 35.8. The lowest BCUT2D eigenvalue weighted by Gasteiger charge is -2.57. The van der Waals surface area contributed by atoms with Gasteiger partial charge in [-0.05, 0) is 75.3 Å². The Bertz CT molecular complexity index is 697. The summed E-state index contributed by atoms with van der Waals surface area (Å²) < 4.78 is 0. The molecule has 4 aliphatic carbocycles. The number of aryl methyl sites for hydroxylation is 1. The van der Waals surface area contributed by atoms with E-state index in [0.29, 0.717) is 32.1 Å². The maximum Gasteiger partial charge on any atom is 0.264 e. The third-order valence-corrected chi connectivity index (χ3v) is 8.29. The van der Waals surface area contributed by atoms with Gasteiger partial charge >= 0.3 is 0 Å². The van der Waals surface area contributed by atoms with Crippen LogP contribution in [0, 0.1) is 30.1 Å². The van der Waals surface area contributed by atoms with Crippen LogP contribution in [-0.2, 0) is 4.79 Å². The zero-order chi connectivity index (χ0) is 17.9. The topological polar surface area (TPSA) is 40.6 Å². The highest BCUT2D eigenvalue weighted by atomic mass is 32.1. The first-order valence-corrected chi connectivity index (χ1v) is 11.0. The molecule has 1 aromatic rings. The van der Waals surface area contributed by atoms with Crippen LogP contribution in [0.4, 0.5) is 0 Å². The molecule has 2 amide bonds. The smallest absolute Gasteiger partial charge is 0.264 e. The van der Waals surface area contributed by atoms with Gasteiger partial charge in [-0.25, -0.2) is 0 Å². The van der Waals surface area contributed by atoms with Crippen LogP contribution in [0.5, 0.6) is 0 Å². The van der Waals surface area contributed by atoms with Crippen molar-refractivity contribution in [2.45, 2.75) is 45.4 Å². The maximum absolute atomic E-state index is 13.4. The second kappa shape index (κ2) is 6.08. The molecule has 0 unspecified atom stereocenters. The van der Waals surface area contributed by atoms with Crippen molar-refractivity contribution in [3.05, 3.63) is 21.9 Å². The molecule has 140 valence electrons. The van der Waals surface area contributed by atoms with Crippen LogP contribution in [0.3, 0.4) is 0 Å². The van der Waals surface area contributed by atoms with Gasteiger partial charge in [-0.2, -0.15) is 0 Å². The summed E-state index contributed by atoms with van der Waals surface area (Å²) in [6, 6.07) is 3.93. The molecular weight excluding hydrogens is 344 g/mol. The highest BCUT2D eigenvalue weighted by Gasteiger charge is 2.55. The fourth-order valence-corrected chi connectivity index (χ4v) is 7.36. The second-order valence-corrected chi connectivity index (χ2v) is 10.5. The van der Waals surface area contributed by atoms with Crippen LogP contribution in [0.1, 0.15) is 53.1 Å². The molecule has 1 aliphatic heterocycles. The molecule has 4 nitrogen and oxygen atoms in total. The molecule has 4 bridgehead atoms. The summed E-state index contributed by atoms with van der Waals surface area (Å²) in [5.74, 6) is 2.95.